The molecule has 1 N–H and O–H groups in total. The smallest absolute Gasteiger partial charge is 0.273 e. The van der Waals surface area contributed by atoms with Crippen molar-refractivity contribution in [3.05, 3.63) is 83.2 Å². The molecular formula is C21H16FN3O2. The minimum absolute atomic E-state index is 0.0491. The van der Waals surface area contributed by atoms with Gasteiger partial charge in [-0.15, -0.1) is 0 Å². The molecule has 134 valence electrons. The SMILES string of the molecule is COC(C(=O)NN=Cc1ccc(C#N)c(F)c1)c1ccc2ccccc2c1. The molecule has 0 saturated carbocycles. The van der Waals surface area contributed by atoms with E-state index in [4.69, 9.17) is 10.00 Å². The molecule has 0 aromatic heterocycles. The van der Waals surface area contributed by atoms with Gasteiger partial charge in [-0.05, 0) is 40.1 Å². The number of nitrogens with one attached hydrogen (secondary N) is 1. The number of hydrogen-bond donors (Lipinski definition) is 1. The lowest BCUT2D eigenvalue weighted by atomic mass is 10.0. The molecule has 0 bridgehead atoms. The minimum Gasteiger partial charge on any atom is -0.367 e. The van der Waals surface area contributed by atoms with E-state index in [0.29, 0.717) is 11.1 Å². The van der Waals surface area contributed by atoms with E-state index in [0.717, 1.165) is 10.8 Å². The van der Waals surface area contributed by atoms with Crippen LogP contribution in [0.25, 0.3) is 10.8 Å². The van der Waals surface area contributed by atoms with Gasteiger partial charge in [0.15, 0.2) is 6.10 Å². The predicted molar refractivity (Wildman–Crippen MR) is 101 cm³/mol. The number of nitrogens with zero attached hydrogens (tertiary/aromatic N) is 2. The summed E-state index contributed by atoms with van der Waals surface area (Å²) in [5, 5.41) is 14.6. The van der Waals surface area contributed by atoms with E-state index in [1.807, 2.05) is 42.5 Å². The summed E-state index contributed by atoms with van der Waals surface area (Å²) in [5.41, 5.74) is 3.47. The van der Waals surface area contributed by atoms with Gasteiger partial charge in [0.05, 0.1) is 11.8 Å². The summed E-state index contributed by atoms with van der Waals surface area (Å²) in [6.07, 6.45) is 0.472. The molecule has 1 atom stereocenters. The van der Waals surface area contributed by atoms with Crippen LogP contribution < -0.4 is 5.43 Å². The second-order valence-corrected chi connectivity index (χ2v) is 5.81. The maximum atomic E-state index is 13.6. The summed E-state index contributed by atoms with van der Waals surface area (Å²) in [6.45, 7) is 0. The van der Waals surface area contributed by atoms with E-state index < -0.39 is 17.8 Å². The van der Waals surface area contributed by atoms with Gasteiger partial charge in [-0.2, -0.15) is 10.4 Å². The van der Waals surface area contributed by atoms with Crippen molar-refractivity contribution < 1.29 is 13.9 Å². The number of fused-ring (bicyclic) bond motifs is 1. The van der Waals surface area contributed by atoms with Crippen molar-refractivity contribution in [3.63, 3.8) is 0 Å². The fourth-order valence-electron chi connectivity index (χ4n) is 2.70. The van der Waals surface area contributed by atoms with Gasteiger partial charge in [0.1, 0.15) is 11.9 Å². The Morgan fingerprint density at radius 2 is 1.96 bits per heavy atom. The lowest BCUT2D eigenvalue weighted by Crippen LogP contribution is -2.26. The molecule has 3 rings (SSSR count). The van der Waals surface area contributed by atoms with Gasteiger partial charge in [0.2, 0.25) is 0 Å². The molecule has 27 heavy (non-hydrogen) atoms. The zero-order chi connectivity index (χ0) is 19.2. The van der Waals surface area contributed by atoms with Crippen molar-refractivity contribution in [1.29, 1.82) is 5.26 Å². The maximum absolute atomic E-state index is 13.6. The van der Waals surface area contributed by atoms with Crippen LogP contribution in [-0.4, -0.2) is 19.2 Å². The molecule has 1 unspecified atom stereocenters. The number of ether oxygens (including phenoxy) is 1. The Morgan fingerprint density at radius 1 is 1.19 bits per heavy atom. The number of halogens is 1. The van der Waals surface area contributed by atoms with Gasteiger partial charge in [-0.1, -0.05) is 42.5 Å². The first kappa shape index (κ1) is 18.2. The number of carbonyl (C=O) groups excluding carboxylic acids is 1. The standard InChI is InChI=1S/C21H16FN3O2/c1-27-20(17-9-8-15-4-2-3-5-16(15)11-17)21(26)25-24-13-14-6-7-18(12-23)19(22)10-14/h2-11,13,20H,1H3,(H,25,26). The quantitative estimate of drug-likeness (QED) is 0.556. The van der Waals surface area contributed by atoms with Gasteiger partial charge in [0.25, 0.3) is 5.91 Å². The Labute approximate surface area is 155 Å². The molecular weight excluding hydrogens is 345 g/mol. The van der Waals surface area contributed by atoms with Crippen molar-refractivity contribution in [3.8, 4) is 6.07 Å². The van der Waals surface area contributed by atoms with Crippen molar-refractivity contribution in [2.24, 2.45) is 5.10 Å². The highest BCUT2D eigenvalue weighted by molar-refractivity contribution is 5.88. The van der Waals surface area contributed by atoms with Crippen LogP contribution in [0, 0.1) is 17.1 Å². The molecule has 5 nitrogen and oxygen atoms in total. The summed E-state index contributed by atoms with van der Waals surface area (Å²) < 4.78 is 18.9. The number of amides is 1. The number of nitriles is 1. The highest BCUT2D eigenvalue weighted by Crippen LogP contribution is 2.22. The van der Waals surface area contributed by atoms with E-state index in [9.17, 15) is 9.18 Å². The van der Waals surface area contributed by atoms with E-state index in [1.165, 1.54) is 31.5 Å². The Morgan fingerprint density at radius 3 is 2.67 bits per heavy atom. The van der Waals surface area contributed by atoms with Crippen LogP contribution >= 0.6 is 0 Å². The van der Waals surface area contributed by atoms with E-state index in [1.54, 1.807) is 6.07 Å². The third-order valence-corrected chi connectivity index (χ3v) is 4.05. The average molecular weight is 361 g/mol. The van der Waals surface area contributed by atoms with Crippen molar-refractivity contribution >= 4 is 22.9 Å². The van der Waals surface area contributed by atoms with Gasteiger partial charge in [-0.25, -0.2) is 9.82 Å². The lowest BCUT2D eigenvalue weighted by Gasteiger charge is -2.14. The number of benzene rings is 3. The Bertz CT molecular complexity index is 1060. The van der Waals surface area contributed by atoms with E-state index in [2.05, 4.69) is 10.5 Å². The fraction of sp³-hybridized carbons (Fsp3) is 0.0952. The Hall–Kier alpha value is -3.56. The summed E-state index contributed by atoms with van der Waals surface area (Å²) >= 11 is 0. The second-order valence-electron chi connectivity index (χ2n) is 5.81. The summed E-state index contributed by atoms with van der Waals surface area (Å²) in [7, 11) is 1.44. The predicted octanol–water partition coefficient (Wildman–Crippen LogP) is 3.69. The first-order valence-corrected chi connectivity index (χ1v) is 8.16. The molecule has 3 aromatic carbocycles. The molecule has 1 amide bonds. The highest BCUT2D eigenvalue weighted by atomic mass is 19.1. The zero-order valence-electron chi connectivity index (χ0n) is 14.5. The van der Waals surface area contributed by atoms with E-state index in [-0.39, 0.29) is 5.56 Å². The van der Waals surface area contributed by atoms with Crippen LogP contribution in [-0.2, 0) is 9.53 Å². The normalized spacial score (nSPS) is 12.0. The topological polar surface area (TPSA) is 74.5 Å². The van der Waals surface area contributed by atoms with Crippen LogP contribution in [0.3, 0.4) is 0 Å². The number of rotatable bonds is 5. The van der Waals surface area contributed by atoms with Crippen molar-refractivity contribution in [1.82, 2.24) is 5.43 Å². The molecule has 0 heterocycles. The Kier molecular flexibility index (Phi) is 5.55. The van der Waals surface area contributed by atoms with Crippen LogP contribution in [0.15, 0.2) is 65.8 Å². The molecule has 0 spiro atoms. The first-order valence-electron chi connectivity index (χ1n) is 8.16. The Balaban J connectivity index is 1.73. The number of hydrazone groups is 1. The fourth-order valence-corrected chi connectivity index (χ4v) is 2.70. The molecule has 0 aliphatic carbocycles. The lowest BCUT2D eigenvalue weighted by molar-refractivity contribution is -0.131. The van der Waals surface area contributed by atoms with Gasteiger partial charge in [-0.3, -0.25) is 4.79 Å². The molecule has 0 saturated heterocycles. The summed E-state index contributed by atoms with van der Waals surface area (Å²) in [4.78, 5) is 12.4. The maximum Gasteiger partial charge on any atom is 0.273 e. The highest BCUT2D eigenvalue weighted by Gasteiger charge is 2.20. The molecule has 0 aliphatic rings. The number of carbonyl (C=O) groups is 1. The first-order chi connectivity index (χ1) is 13.1. The van der Waals surface area contributed by atoms with Gasteiger partial charge >= 0.3 is 0 Å². The minimum atomic E-state index is -0.829. The zero-order valence-corrected chi connectivity index (χ0v) is 14.5. The van der Waals surface area contributed by atoms with E-state index >= 15 is 0 Å². The number of methoxy groups -OCH3 is 1. The van der Waals surface area contributed by atoms with Crippen LogP contribution in [0.2, 0.25) is 0 Å². The third-order valence-electron chi connectivity index (χ3n) is 4.05. The third kappa shape index (κ3) is 4.17. The molecule has 0 fully saturated rings. The van der Waals surface area contributed by atoms with Gasteiger partial charge in [0, 0.05) is 7.11 Å². The summed E-state index contributed by atoms with van der Waals surface area (Å²) in [6, 6.07) is 19.3. The van der Waals surface area contributed by atoms with Crippen LogP contribution in [0.5, 0.6) is 0 Å². The molecule has 6 heteroatoms. The van der Waals surface area contributed by atoms with Crippen LogP contribution in [0.1, 0.15) is 22.8 Å². The molecule has 0 radical (unpaired) electrons. The number of hydrogen-bond acceptors (Lipinski definition) is 4. The summed E-state index contributed by atoms with van der Waals surface area (Å²) in [5.74, 6) is -1.09. The second kappa shape index (κ2) is 8.21. The monoisotopic (exact) mass is 361 g/mol. The average Bonchev–Trinajstić information content (AvgIpc) is 2.68. The van der Waals surface area contributed by atoms with Crippen molar-refractivity contribution in [2.75, 3.05) is 7.11 Å². The van der Waals surface area contributed by atoms with Crippen molar-refractivity contribution in [2.45, 2.75) is 6.10 Å². The van der Waals surface area contributed by atoms with Crippen LogP contribution in [0.4, 0.5) is 4.39 Å². The van der Waals surface area contributed by atoms with Gasteiger partial charge < -0.3 is 4.74 Å². The molecule has 0 aliphatic heterocycles. The largest absolute Gasteiger partial charge is 0.367 e. The molecule has 3 aromatic rings.